The minimum atomic E-state index is -0.791. The topological polar surface area (TPSA) is 84.0 Å². The second-order valence-corrected chi connectivity index (χ2v) is 8.95. The number of benzene rings is 2. The number of hydrogen-bond donors (Lipinski definition) is 2. The number of rotatable bonds is 11. The summed E-state index contributed by atoms with van der Waals surface area (Å²) in [7, 11) is 0. The quantitative estimate of drug-likeness (QED) is 0.298. The van der Waals surface area contributed by atoms with E-state index >= 15 is 0 Å². The Morgan fingerprint density at radius 3 is 2.35 bits per heavy atom. The van der Waals surface area contributed by atoms with E-state index in [1.165, 1.54) is 5.56 Å². The van der Waals surface area contributed by atoms with Crippen LogP contribution in [0.3, 0.4) is 0 Å². The van der Waals surface area contributed by atoms with Crippen LogP contribution in [0.2, 0.25) is 0 Å². The highest BCUT2D eigenvalue weighted by molar-refractivity contribution is 5.68. The summed E-state index contributed by atoms with van der Waals surface area (Å²) in [6, 6.07) is 19.8. The molecule has 1 heterocycles. The Balaban J connectivity index is 1.54. The molecule has 2 N–H and O–H groups in total. The van der Waals surface area contributed by atoms with Crippen molar-refractivity contribution in [3.8, 4) is 5.75 Å². The number of carbonyl (C=O) groups is 1. The molecule has 6 nitrogen and oxygen atoms in total. The van der Waals surface area contributed by atoms with Gasteiger partial charge in [-0.25, -0.2) is 0 Å². The molecule has 0 aliphatic carbocycles. The van der Waals surface area contributed by atoms with Crippen molar-refractivity contribution >= 4 is 5.97 Å². The Morgan fingerprint density at radius 1 is 1.03 bits per heavy atom. The Morgan fingerprint density at radius 2 is 1.71 bits per heavy atom. The Kier molecular flexibility index (Phi) is 8.91. The van der Waals surface area contributed by atoms with Crippen LogP contribution in [-0.2, 0) is 11.2 Å². The average molecular weight is 463 g/mol. The lowest BCUT2D eigenvalue weighted by Crippen LogP contribution is -2.18. The number of nitrogens with zero attached hydrogens (tertiary/aromatic N) is 2. The van der Waals surface area contributed by atoms with Crippen LogP contribution in [-0.4, -0.2) is 34.2 Å². The lowest BCUT2D eigenvalue weighted by Gasteiger charge is -2.17. The molecule has 6 heteroatoms. The van der Waals surface area contributed by atoms with Gasteiger partial charge >= 0.3 is 5.97 Å². The van der Waals surface area contributed by atoms with Gasteiger partial charge in [0.15, 0.2) is 5.49 Å². The lowest BCUT2D eigenvalue weighted by atomic mass is 9.88. The molecule has 0 aliphatic rings. The molecule has 0 saturated heterocycles. The molecule has 180 valence electrons. The fourth-order valence-electron chi connectivity index (χ4n) is 3.83. The van der Waals surface area contributed by atoms with Crippen LogP contribution in [0.25, 0.3) is 0 Å². The zero-order valence-electron chi connectivity index (χ0n) is 20.1. The fraction of sp³-hybridized carbons (Fsp3) is 0.357. The van der Waals surface area contributed by atoms with E-state index < -0.39 is 5.97 Å². The van der Waals surface area contributed by atoms with Gasteiger partial charge in [0.25, 0.3) is 0 Å². The van der Waals surface area contributed by atoms with Crippen LogP contribution in [0.5, 0.6) is 5.75 Å². The van der Waals surface area contributed by atoms with E-state index in [1.807, 2.05) is 43.3 Å². The Bertz CT molecular complexity index is 1130. The van der Waals surface area contributed by atoms with Crippen molar-refractivity contribution in [1.82, 2.24) is 4.73 Å². The summed E-state index contributed by atoms with van der Waals surface area (Å²) in [5.74, 6) is 0.345. The van der Waals surface area contributed by atoms with Gasteiger partial charge in [-0.3, -0.25) is 9.79 Å². The van der Waals surface area contributed by atoms with Crippen molar-refractivity contribution in [3.05, 3.63) is 94.6 Å². The minimum Gasteiger partial charge on any atom is -0.494 e. The highest BCUT2D eigenvalue weighted by Crippen LogP contribution is 2.27. The van der Waals surface area contributed by atoms with Gasteiger partial charge in [-0.2, -0.15) is 4.73 Å². The third-order valence-electron chi connectivity index (χ3n) is 5.82. The first-order valence-corrected chi connectivity index (χ1v) is 11.7. The standard InChI is InChI=1S/C28H34N2O4/c1-20(2)23-7-9-24(10-8-23)25(19-28(31)32)18-22-5-11-26(12-6-22)34-16-4-14-29-27-17-21(3)13-15-30(27)33/h5-13,15,17,20,25,33H,4,14,16,18-19H2,1-3H3,(H,31,32). The summed E-state index contributed by atoms with van der Waals surface area (Å²) in [5.41, 5.74) is 4.95. The SMILES string of the molecule is Cc1ccn(O)c(=NCCCOc2ccc(CC(CC(=O)O)c3ccc(C(C)C)cc3)cc2)c1. The summed E-state index contributed by atoms with van der Waals surface area (Å²) >= 11 is 0. The number of ether oxygens (including phenoxy) is 1. The number of hydrogen-bond acceptors (Lipinski definition) is 4. The second kappa shape index (κ2) is 12.1. The first kappa shape index (κ1) is 25.1. The number of carboxylic acids is 1. The van der Waals surface area contributed by atoms with E-state index in [9.17, 15) is 15.1 Å². The molecular weight excluding hydrogens is 428 g/mol. The second-order valence-electron chi connectivity index (χ2n) is 8.95. The third kappa shape index (κ3) is 7.51. The molecule has 1 unspecified atom stereocenters. The van der Waals surface area contributed by atoms with Crippen molar-refractivity contribution in [2.75, 3.05) is 13.2 Å². The maximum Gasteiger partial charge on any atom is 0.303 e. The van der Waals surface area contributed by atoms with E-state index in [2.05, 4.69) is 43.1 Å². The van der Waals surface area contributed by atoms with Crippen LogP contribution >= 0.6 is 0 Å². The Labute approximate surface area is 201 Å². The number of carboxylic acid groups (broad SMARTS) is 1. The molecule has 0 amide bonds. The highest BCUT2D eigenvalue weighted by Gasteiger charge is 2.17. The fourth-order valence-corrected chi connectivity index (χ4v) is 3.83. The largest absolute Gasteiger partial charge is 0.494 e. The smallest absolute Gasteiger partial charge is 0.303 e. The predicted octanol–water partition coefficient (Wildman–Crippen LogP) is 5.33. The molecule has 2 aromatic carbocycles. The number of aryl methyl sites for hydroxylation is 1. The average Bonchev–Trinajstić information content (AvgIpc) is 2.81. The first-order valence-electron chi connectivity index (χ1n) is 11.7. The summed E-state index contributed by atoms with van der Waals surface area (Å²) in [5, 5.41) is 19.2. The maximum atomic E-state index is 11.5. The van der Waals surface area contributed by atoms with Crippen molar-refractivity contribution in [2.24, 2.45) is 4.99 Å². The summed E-state index contributed by atoms with van der Waals surface area (Å²) in [6.07, 6.45) is 3.05. The van der Waals surface area contributed by atoms with Gasteiger partial charge < -0.3 is 15.1 Å². The highest BCUT2D eigenvalue weighted by atomic mass is 16.5. The molecule has 1 aromatic heterocycles. The molecule has 0 radical (unpaired) electrons. The van der Waals surface area contributed by atoms with Crippen LogP contribution in [0.4, 0.5) is 0 Å². The maximum absolute atomic E-state index is 11.5. The van der Waals surface area contributed by atoms with Crippen molar-refractivity contribution in [2.45, 2.75) is 51.9 Å². The van der Waals surface area contributed by atoms with Gasteiger partial charge in [-0.1, -0.05) is 50.2 Å². The van der Waals surface area contributed by atoms with E-state index in [0.717, 1.165) is 33.6 Å². The molecule has 0 fully saturated rings. The summed E-state index contributed by atoms with van der Waals surface area (Å²) < 4.78 is 6.84. The zero-order chi connectivity index (χ0) is 24.5. The first-order chi connectivity index (χ1) is 16.3. The summed E-state index contributed by atoms with van der Waals surface area (Å²) in [4.78, 5) is 15.9. The van der Waals surface area contributed by atoms with Gasteiger partial charge in [-0.05, 0) is 71.7 Å². The van der Waals surface area contributed by atoms with Gasteiger partial charge in [-0.15, -0.1) is 0 Å². The number of pyridine rings is 1. The third-order valence-corrected chi connectivity index (χ3v) is 5.82. The molecule has 0 spiro atoms. The zero-order valence-corrected chi connectivity index (χ0v) is 20.1. The van der Waals surface area contributed by atoms with Gasteiger partial charge in [0, 0.05) is 19.2 Å². The van der Waals surface area contributed by atoms with Crippen molar-refractivity contribution in [3.63, 3.8) is 0 Å². The van der Waals surface area contributed by atoms with Crippen molar-refractivity contribution < 1.29 is 19.8 Å². The van der Waals surface area contributed by atoms with E-state index in [-0.39, 0.29) is 12.3 Å². The van der Waals surface area contributed by atoms with Crippen LogP contribution in [0, 0.1) is 6.92 Å². The molecule has 1 atom stereocenters. The van der Waals surface area contributed by atoms with Gasteiger partial charge in [0.05, 0.1) is 13.0 Å². The molecule has 34 heavy (non-hydrogen) atoms. The monoisotopic (exact) mass is 462 g/mol. The minimum absolute atomic E-state index is 0.0806. The van der Waals surface area contributed by atoms with Crippen LogP contribution < -0.4 is 10.2 Å². The normalized spacial score (nSPS) is 12.6. The van der Waals surface area contributed by atoms with Crippen LogP contribution in [0.15, 0.2) is 71.9 Å². The molecule has 0 bridgehead atoms. The van der Waals surface area contributed by atoms with Gasteiger partial charge in [0.2, 0.25) is 0 Å². The van der Waals surface area contributed by atoms with E-state index in [4.69, 9.17) is 4.74 Å². The molecule has 0 aliphatic heterocycles. The number of aliphatic carboxylic acids is 1. The number of aromatic nitrogens is 1. The van der Waals surface area contributed by atoms with E-state index in [1.54, 1.807) is 6.20 Å². The predicted molar refractivity (Wildman–Crippen MR) is 133 cm³/mol. The lowest BCUT2D eigenvalue weighted by molar-refractivity contribution is -0.137. The van der Waals surface area contributed by atoms with Crippen LogP contribution in [0.1, 0.15) is 60.8 Å². The molecule has 3 aromatic rings. The summed E-state index contributed by atoms with van der Waals surface area (Å²) in [6.45, 7) is 7.32. The molecule has 0 saturated carbocycles. The molecular formula is C28H34N2O4. The van der Waals surface area contributed by atoms with Crippen molar-refractivity contribution in [1.29, 1.82) is 0 Å². The van der Waals surface area contributed by atoms with Gasteiger partial charge in [0.1, 0.15) is 5.75 Å². The Hall–Kier alpha value is -3.54. The van der Waals surface area contributed by atoms with E-state index in [0.29, 0.717) is 31.0 Å². The molecule has 3 rings (SSSR count).